The van der Waals surface area contributed by atoms with Crippen LogP contribution in [0.3, 0.4) is 0 Å². The molecule has 1 aliphatic rings. The van der Waals surface area contributed by atoms with Crippen LogP contribution in [0.5, 0.6) is 5.75 Å². The minimum Gasteiger partial charge on any atom is -0.495 e. The minimum atomic E-state index is -2.93. The quantitative estimate of drug-likeness (QED) is 0.557. The van der Waals surface area contributed by atoms with Crippen LogP contribution in [-0.2, 0) is 16.4 Å². The summed E-state index contributed by atoms with van der Waals surface area (Å²) in [4.78, 5) is 7.05. The van der Waals surface area contributed by atoms with E-state index in [4.69, 9.17) is 21.3 Å². The number of ether oxygens (including phenoxy) is 1. The summed E-state index contributed by atoms with van der Waals surface area (Å²) in [5.74, 6) is 1.25. The van der Waals surface area contributed by atoms with Crippen molar-refractivity contribution in [2.24, 2.45) is 5.92 Å². The normalized spacial score (nSPS) is 15.4. The molecule has 1 fully saturated rings. The molecule has 7 nitrogen and oxygen atoms in total. The molecule has 0 saturated carbocycles. The molecular formula is C23H28ClN3O4S. The lowest BCUT2D eigenvalue weighted by molar-refractivity contribution is 0.281. The van der Waals surface area contributed by atoms with Crippen molar-refractivity contribution in [3.8, 4) is 17.0 Å². The first-order valence-electron chi connectivity index (χ1n) is 10.7. The van der Waals surface area contributed by atoms with E-state index in [2.05, 4.69) is 11.0 Å². The maximum Gasteiger partial charge on any atom is 0.150 e. The van der Waals surface area contributed by atoms with E-state index in [-0.39, 0.29) is 24.0 Å². The second kappa shape index (κ2) is 9.29. The zero-order chi connectivity index (χ0) is 22.9. The average molecular weight is 478 g/mol. The zero-order valence-electron chi connectivity index (χ0n) is 18.3. The lowest BCUT2D eigenvalue weighted by atomic mass is 9.98. The van der Waals surface area contributed by atoms with Gasteiger partial charge in [-0.05, 0) is 42.5 Å². The number of sulfone groups is 1. The Morgan fingerprint density at radius 3 is 2.66 bits per heavy atom. The van der Waals surface area contributed by atoms with Gasteiger partial charge in [0.25, 0.3) is 0 Å². The highest BCUT2D eigenvalue weighted by molar-refractivity contribution is 7.91. The Morgan fingerprint density at radius 1 is 1.25 bits per heavy atom. The lowest BCUT2D eigenvalue weighted by Gasteiger charge is -2.33. The molecule has 0 unspecified atom stereocenters. The summed E-state index contributed by atoms with van der Waals surface area (Å²) in [5, 5.41) is 10.3. The van der Waals surface area contributed by atoms with E-state index >= 15 is 0 Å². The molecule has 9 heteroatoms. The van der Waals surface area contributed by atoms with Gasteiger partial charge in [-0.15, -0.1) is 0 Å². The standard InChI is InChI=1S/C23H28ClN3O4S/c1-3-32(29,30)15-16-4-7-26(8-5-16)18-6-9-27-13-21(25-23(27)11-18)19-12-20(24)22(31-2)10-17(19)14-28/h6,9-13,16,28H,3-5,7-8,14-15H2,1-2H3. The molecule has 3 heterocycles. The Morgan fingerprint density at radius 2 is 2.00 bits per heavy atom. The number of pyridine rings is 1. The highest BCUT2D eigenvalue weighted by Crippen LogP contribution is 2.34. The molecule has 0 bridgehead atoms. The molecule has 1 N–H and O–H groups in total. The number of nitrogens with zero attached hydrogens (tertiary/aromatic N) is 3. The van der Waals surface area contributed by atoms with Crippen LogP contribution < -0.4 is 9.64 Å². The Bertz CT molecular complexity index is 1220. The van der Waals surface area contributed by atoms with Crippen LogP contribution in [0, 0.1) is 5.92 Å². The molecule has 0 amide bonds. The van der Waals surface area contributed by atoms with Gasteiger partial charge in [0.2, 0.25) is 0 Å². The molecule has 0 spiro atoms. The summed E-state index contributed by atoms with van der Waals surface area (Å²) < 4.78 is 31.1. The van der Waals surface area contributed by atoms with Crippen LogP contribution in [0.4, 0.5) is 5.69 Å². The van der Waals surface area contributed by atoms with Crippen LogP contribution in [0.15, 0.2) is 36.7 Å². The molecule has 1 saturated heterocycles. The molecule has 0 radical (unpaired) electrons. The first-order valence-corrected chi connectivity index (χ1v) is 12.9. The van der Waals surface area contributed by atoms with Gasteiger partial charge in [0.15, 0.2) is 0 Å². The minimum absolute atomic E-state index is 0.148. The number of methoxy groups -OCH3 is 1. The lowest BCUT2D eigenvalue weighted by Crippen LogP contribution is -2.36. The van der Waals surface area contributed by atoms with Gasteiger partial charge in [-0.3, -0.25) is 0 Å². The third-order valence-electron chi connectivity index (χ3n) is 6.18. The number of halogens is 1. The van der Waals surface area contributed by atoms with Crippen LogP contribution in [-0.4, -0.2) is 54.6 Å². The SMILES string of the molecule is CCS(=O)(=O)CC1CCN(c2ccn3cc(-c4cc(Cl)c(OC)cc4CO)nc3c2)CC1. The zero-order valence-corrected chi connectivity index (χ0v) is 19.9. The van der Waals surface area contributed by atoms with Gasteiger partial charge in [-0.25, -0.2) is 13.4 Å². The number of aliphatic hydroxyl groups excluding tert-OH is 1. The number of hydrogen-bond donors (Lipinski definition) is 1. The van der Waals surface area contributed by atoms with Gasteiger partial charge in [-0.1, -0.05) is 18.5 Å². The van der Waals surface area contributed by atoms with Gasteiger partial charge < -0.3 is 19.1 Å². The summed E-state index contributed by atoms with van der Waals surface area (Å²) in [5.41, 5.74) is 4.05. The van der Waals surface area contributed by atoms with E-state index in [1.165, 1.54) is 0 Å². The number of anilines is 1. The van der Waals surface area contributed by atoms with Gasteiger partial charge in [0.1, 0.15) is 21.2 Å². The predicted molar refractivity (Wildman–Crippen MR) is 127 cm³/mol. The van der Waals surface area contributed by atoms with Crippen molar-refractivity contribution in [1.82, 2.24) is 9.38 Å². The molecule has 0 aliphatic carbocycles. The van der Waals surface area contributed by atoms with Gasteiger partial charge >= 0.3 is 0 Å². The van der Waals surface area contributed by atoms with Crippen LogP contribution in [0.25, 0.3) is 16.9 Å². The molecule has 0 atom stereocenters. The van der Waals surface area contributed by atoms with E-state index < -0.39 is 9.84 Å². The van der Waals surface area contributed by atoms with Crippen LogP contribution >= 0.6 is 11.6 Å². The number of aliphatic hydroxyl groups is 1. The third-order valence-corrected chi connectivity index (χ3v) is 8.33. The molecular weight excluding hydrogens is 450 g/mol. The maximum absolute atomic E-state index is 11.9. The largest absolute Gasteiger partial charge is 0.495 e. The molecule has 1 aromatic carbocycles. The second-order valence-electron chi connectivity index (χ2n) is 8.21. The van der Waals surface area contributed by atoms with Crippen molar-refractivity contribution >= 4 is 32.8 Å². The molecule has 1 aliphatic heterocycles. The number of rotatable bonds is 7. The number of benzene rings is 1. The highest BCUT2D eigenvalue weighted by atomic mass is 35.5. The Kier molecular flexibility index (Phi) is 6.65. The van der Waals surface area contributed by atoms with E-state index in [1.807, 2.05) is 22.9 Å². The summed E-state index contributed by atoms with van der Waals surface area (Å²) in [6.45, 7) is 3.22. The van der Waals surface area contributed by atoms with Crippen molar-refractivity contribution in [1.29, 1.82) is 0 Å². The first-order chi connectivity index (χ1) is 15.3. The third kappa shape index (κ3) is 4.72. The van der Waals surface area contributed by atoms with Crippen molar-refractivity contribution in [3.05, 3.63) is 47.2 Å². The second-order valence-corrected chi connectivity index (χ2v) is 11.0. The number of piperidine rings is 1. The smallest absolute Gasteiger partial charge is 0.150 e. The number of fused-ring (bicyclic) bond motifs is 1. The molecule has 172 valence electrons. The maximum atomic E-state index is 11.9. The fourth-order valence-electron chi connectivity index (χ4n) is 4.25. The van der Waals surface area contributed by atoms with Crippen LogP contribution in [0.2, 0.25) is 5.02 Å². The average Bonchev–Trinajstić information content (AvgIpc) is 3.22. The first kappa shape index (κ1) is 22.9. The molecule has 2 aromatic heterocycles. The Labute approximate surface area is 193 Å². The fraction of sp³-hybridized carbons (Fsp3) is 0.435. The van der Waals surface area contributed by atoms with E-state index in [0.717, 1.165) is 48.5 Å². The summed E-state index contributed by atoms with van der Waals surface area (Å²) >= 11 is 6.31. The van der Waals surface area contributed by atoms with E-state index in [9.17, 15) is 13.5 Å². The van der Waals surface area contributed by atoms with E-state index in [0.29, 0.717) is 16.3 Å². The van der Waals surface area contributed by atoms with Crippen molar-refractivity contribution < 1.29 is 18.3 Å². The Balaban J connectivity index is 1.55. The number of imidazole rings is 1. The molecule has 4 rings (SSSR count). The number of hydrogen-bond acceptors (Lipinski definition) is 6. The summed E-state index contributed by atoms with van der Waals surface area (Å²) in [6.07, 6.45) is 5.62. The van der Waals surface area contributed by atoms with Gasteiger partial charge in [0.05, 0.1) is 30.2 Å². The van der Waals surface area contributed by atoms with Gasteiger partial charge in [-0.2, -0.15) is 0 Å². The topological polar surface area (TPSA) is 84.1 Å². The predicted octanol–water partition coefficient (Wildman–Crippen LogP) is 3.81. The summed E-state index contributed by atoms with van der Waals surface area (Å²) in [7, 11) is -1.39. The molecule has 3 aromatic rings. The Hall–Kier alpha value is -2.29. The number of aromatic nitrogens is 2. The fourth-order valence-corrected chi connectivity index (χ4v) is 5.78. The van der Waals surface area contributed by atoms with Crippen molar-refractivity contribution in [2.75, 3.05) is 36.6 Å². The van der Waals surface area contributed by atoms with E-state index in [1.54, 1.807) is 26.2 Å². The van der Waals surface area contributed by atoms with Crippen molar-refractivity contribution in [2.45, 2.75) is 26.4 Å². The van der Waals surface area contributed by atoms with Crippen molar-refractivity contribution in [3.63, 3.8) is 0 Å². The summed E-state index contributed by atoms with van der Waals surface area (Å²) in [6, 6.07) is 7.59. The molecule has 32 heavy (non-hydrogen) atoms. The highest BCUT2D eigenvalue weighted by Gasteiger charge is 2.24. The van der Waals surface area contributed by atoms with Crippen LogP contribution in [0.1, 0.15) is 25.3 Å². The monoisotopic (exact) mass is 477 g/mol. The van der Waals surface area contributed by atoms with Gasteiger partial charge in [0, 0.05) is 48.6 Å².